The van der Waals surface area contributed by atoms with Gasteiger partial charge in [-0.2, -0.15) is 5.10 Å². The van der Waals surface area contributed by atoms with Gasteiger partial charge in [0, 0.05) is 43.6 Å². The Labute approximate surface area is 207 Å². The number of aromatic nitrogens is 2. The third-order valence-electron chi connectivity index (χ3n) is 6.21. The first-order chi connectivity index (χ1) is 17.5. The minimum Gasteiger partial charge on any atom is -0.454 e. The average molecular weight is 488 g/mol. The van der Waals surface area contributed by atoms with E-state index in [4.69, 9.17) is 4.42 Å². The van der Waals surface area contributed by atoms with Crippen LogP contribution < -0.4 is 20.7 Å². The van der Waals surface area contributed by atoms with E-state index in [-0.39, 0.29) is 23.7 Å². The lowest BCUT2D eigenvalue weighted by Gasteiger charge is -2.36. The summed E-state index contributed by atoms with van der Waals surface area (Å²) in [5.41, 5.74) is 2.04. The van der Waals surface area contributed by atoms with Crippen LogP contribution in [-0.2, 0) is 6.54 Å². The van der Waals surface area contributed by atoms with Crippen molar-refractivity contribution >= 4 is 23.1 Å². The van der Waals surface area contributed by atoms with Gasteiger partial charge in [0.25, 0.3) is 11.5 Å². The molecule has 1 amide bonds. The quantitative estimate of drug-likeness (QED) is 0.444. The second-order valence-corrected chi connectivity index (χ2v) is 8.68. The predicted octanol–water partition coefficient (Wildman–Crippen LogP) is 3.91. The topological polar surface area (TPSA) is 83.6 Å². The van der Waals surface area contributed by atoms with Crippen molar-refractivity contribution in [3.63, 3.8) is 0 Å². The van der Waals surface area contributed by atoms with Gasteiger partial charge in [-0.3, -0.25) is 9.59 Å². The number of amides is 1. The third-order valence-corrected chi connectivity index (χ3v) is 6.21. The Morgan fingerprint density at radius 2 is 1.72 bits per heavy atom. The molecular formula is C27H26FN5O3. The van der Waals surface area contributed by atoms with Gasteiger partial charge in [0.2, 0.25) is 0 Å². The number of carbonyl (C=O) groups excluding carboxylic acids is 1. The lowest BCUT2D eigenvalue weighted by molar-refractivity contribution is 0.0994. The van der Waals surface area contributed by atoms with Crippen molar-refractivity contribution < 1.29 is 13.6 Å². The van der Waals surface area contributed by atoms with E-state index >= 15 is 0 Å². The van der Waals surface area contributed by atoms with Crippen LogP contribution in [0.25, 0.3) is 0 Å². The summed E-state index contributed by atoms with van der Waals surface area (Å²) in [4.78, 5) is 29.5. The molecule has 1 saturated heterocycles. The molecule has 3 heterocycles. The highest BCUT2D eigenvalue weighted by Gasteiger charge is 2.19. The molecule has 5 rings (SSSR count). The summed E-state index contributed by atoms with van der Waals surface area (Å²) < 4.78 is 20.3. The highest BCUT2D eigenvalue weighted by atomic mass is 19.1. The second kappa shape index (κ2) is 10.1. The molecule has 0 saturated carbocycles. The second-order valence-electron chi connectivity index (χ2n) is 8.68. The molecule has 8 nitrogen and oxygen atoms in total. The van der Waals surface area contributed by atoms with Gasteiger partial charge >= 0.3 is 0 Å². The minimum absolute atomic E-state index is 0.0926. The summed E-state index contributed by atoms with van der Waals surface area (Å²) in [5, 5.41) is 7.26. The zero-order valence-electron chi connectivity index (χ0n) is 19.9. The summed E-state index contributed by atoms with van der Waals surface area (Å²) in [6.07, 6.45) is 0. The fraction of sp³-hybridized carbons (Fsp3) is 0.222. The number of carbonyl (C=O) groups is 1. The zero-order chi connectivity index (χ0) is 25.1. The first-order valence-electron chi connectivity index (χ1n) is 11.8. The van der Waals surface area contributed by atoms with Crippen LogP contribution in [0.1, 0.15) is 21.9 Å². The van der Waals surface area contributed by atoms with E-state index in [2.05, 4.69) is 32.3 Å². The van der Waals surface area contributed by atoms with Crippen LogP contribution in [0.3, 0.4) is 0 Å². The van der Waals surface area contributed by atoms with Gasteiger partial charge < -0.3 is 19.5 Å². The van der Waals surface area contributed by atoms with Gasteiger partial charge in [-0.1, -0.05) is 18.2 Å². The Bertz CT molecular complexity index is 1420. The number of hydrogen-bond acceptors (Lipinski definition) is 6. The van der Waals surface area contributed by atoms with Gasteiger partial charge in [0.1, 0.15) is 23.9 Å². The average Bonchev–Trinajstić information content (AvgIpc) is 3.36. The Hall–Kier alpha value is -4.40. The van der Waals surface area contributed by atoms with E-state index in [9.17, 15) is 14.0 Å². The number of rotatable bonds is 6. The van der Waals surface area contributed by atoms with Crippen molar-refractivity contribution in [3.8, 4) is 0 Å². The maximum atomic E-state index is 13.3. The summed E-state index contributed by atoms with van der Waals surface area (Å²) >= 11 is 0. The molecule has 0 atom stereocenters. The standard InChI is InChI=1S/C27H26FN5O3/c1-19-17-20(28)7-9-23(19)29-27(35)24-10-8-22(36-24)18-33-26(34)12-11-25(30-33)32-15-13-31(14-16-32)21-5-3-2-4-6-21/h2-12,17H,13-16,18H2,1H3,(H,29,35). The lowest BCUT2D eigenvalue weighted by Crippen LogP contribution is -2.47. The van der Waals surface area contributed by atoms with E-state index in [0.29, 0.717) is 17.0 Å². The number of nitrogens with zero attached hydrogens (tertiary/aromatic N) is 4. The number of para-hydroxylation sites is 1. The van der Waals surface area contributed by atoms with Crippen molar-refractivity contribution in [1.29, 1.82) is 0 Å². The van der Waals surface area contributed by atoms with Crippen LogP contribution in [0.15, 0.2) is 82.0 Å². The predicted molar refractivity (Wildman–Crippen MR) is 136 cm³/mol. The number of benzene rings is 2. The molecule has 2 aromatic heterocycles. The normalized spacial score (nSPS) is 13.6. The molecule has 2 aromatic carbocycles. The third kappa shape index (κ3) is 5.14. The number of furan rings is 1. The Kier molecular flexibility index (Phi) is 6.53. The summed E-state index contributed by atoms with van der Waals surface area (Å²) in [6, 6.07) is 20.8. The zero-order valence-corrected chi connectivity index (χ0v) is 19.9. The van der Waals surface area contributed by atoms with E-state index in [1.807, 2.05) is 18.2 Å². The lowest BCUT2D eigenvalue weighted by atomic mass is 10.2. The van der Waals surface area contributed by atoms with Crippen molar-refractivity contribution in [3.05, 3.63) is 106 Å². The van der Waals surface area contributed by atoms with Crippen LogP contribution >= 0.6 is 0 Å². The van der Waals surface area contributed by atoms with E-state index < -0.39 is 5.91 Å². The van der Waals surface area contributed by atoms with Gasteiger partial charge in [-0.05, 0) is 61.0 Å². The minimum atomic E-state index is -0.457. The van der Waals surface area contributed by atoms with E-state index in [0.717, 1.165) is 32.0 Å². The molecule has 4 aromatic rings. The molecule has 36 heavy (non-hydrogen) atoms. The first kappa shape index (κ1) is 23.3. The van der Waals surface area contributed by atoms with Crippen LogP contribution in [0.2, 0.25) is 0 Å². The summed E-state index contributed by atoms with van der Waals surface area (Å²) in [6.45, 7) is 5.09. The van der Waals surface area contributed by atoms with Crippen LogP contribution in [0, 0.1) is 12.7 Å². The highest BCUT2D eigenvalue weighted by Crippen LogP contribution is 2.20. The molecule has 184 valence electrons. The maximum Gasteiger partial charge on any atom is 0.291 e. The molecule has 1 aliphatic rings. The summed E-state index contributed by atoms with van der Waals surface area (Å²) in [7, 11) is 0. The number of hydrogen-bond donors (Lipinski definition) is 1. The molecule has 1 fully saturated rings. The van der Waals surface area contributed by atoms with E-state index in [1.165, 1.54) is 34.6 Å². The number of anilines is 3. The highest BCUT2D eigenvalue weighted by molar-refractivity contribution is 6.02. The number of nitrogens with one attached hydrogen (secondary N) is 1. The Morgan fingerprint density at radius 3 is 2.47 bits per heavy atom. The Morgan fingerprint density at radius 1 is 0.972 bits per heavy atom. The summed E-state index contributed by atoms with van der Waals surface area (Å²) in [5.74, 6) is 0.413. The largest absolute Gasteiger partial charge is 0.454 e. The monoisotopic (exact) mass is 487 g/mol. The molecule has 0 unspecified atom stereocenters. The molecule has 1 aliphatic heterocycles. The molecule has 0 spiro atoms. The number of aryl methyl sites for hydroxylation is 1. The van der Waals surface area contributed by atoms with Crippen molar-refractivity contribution in [2.24, 2.45) is 0 Å². The van der Waals surface area contributed by atoms with Gasteiger partial charge in [0.05, 0.1) is 0 Å². The van der Waals surface area contributed by atoms with Gasteiger partial charge in [0.15, 0.2) is 5.76 Å². The molecule has 0 radical (unpaired) electrons. The fourth-order valence-corrected chi connectivity index (χ4v) is 4.24. The molecule has 0 aliphatic carbocycles. The smallest absolute Gasteiger partial charge is 0.291 e. The number of halogens is 1. The van der Waals surface area contributed by atoms with Gasteiger partial charge in [-0.15, -0.1) is 0 Å². The van der Waals surface area contributed by atoms with Crippen molar-refractivity contribution in [2.45, 2.75) is 13.5 Å². The Balaban J connectivity index is 1.24. The SMILES string of the molecule is Cc1cc(F)ccc1NC(=O)c1ccc(Cn2nc(N3CCN(c4ccccc4)CC3)ccc2=O)o1. The fourth-order valence-electron chi connectivity index (χ4n) is 4.24. The van der Waals surface area contributed by atoms with Crippen molar-refractivity contribution in [1.82, 2.24) is 9.78 Å². The molecule has 9 heteroatoms. The van der Waals surface area contributed by atoms with E-state index in [1.54, 1.807) is 25.1 Å². The molecular weight excluding hydrogens is 461 g/mol. The maximum absolute atomic E-state index is 13.3. The van der Waals surface area contributed by atoms with Crippen LogP contribution in [-0.4, -0.2) is 41.9 Å². The van der Waals surface area contributed by atoms with Crippen LogP contribution in [0.5, 0.6) is 0 Å². The number of piperazine rings is 1. The van der Waals surface area contributed by atoms with Crippen molar-refractivity contribution in [2.75, 3.05) is 41.3 Å². The van der Waals surface area contributed by atoms with Crippen LogP contribution in [0.4, 0.5) is 21.6 Å². The molecule has 0 bridgehead atoms. The molecule has 1 N–H and O–H groups in total. The first-order valence-corrected chi connectivity index (χ1v) is 11.8. The van der Waals surface area contributed by atoms with Gasteiger partial charge in [-0.25, -0.2) is 9.07 Å².